The lowest BCUT2D eigenvalue weighted by Crippen LogP contribution is -1.89. The Bertz CT molecular complexity index is 96.8. The van der Waals surface area contributed by atoms with E-state index in [0.717, 1.165) is 11.5 Å². The number of rotatable bonds is 12. The van der Waals surface area contributed by atoms with Gasteiger partial charge < -0.3 is 0 Å². The molecule has 0 aliphatic carbocycles. The molecule has 15 heavy (non-hydrogen) atoms. The van der Waals surface area contributed by atoms with Crippen LogP contribution in [0.25, 0.3) is 0 Å². The molecule has 0 unspecified atom stereocenters. The number of hydrogen-bond acceptors (Lipinski definition) is 4. The van der Waals surface area contributed by atoms with E-state index >= 15 is 0 Å². The summed E-state index contributed by atoms with van der Waals surface area (Å²) in [5.41, 5.74) is 0. The third-order valence-corrected chi connectivity index (χ3v) is 4.91. The molecule has 0 aromatic rings. The van der Waals surface area contributed by atoms with Crippen LogP contribution < -0.4 is 0 Å². The van der Waals surface area contributed by atoms with Gasteiger partial charge in [-0.1, -0.05) is 0 Å². The molecule has 0 fully saturated rings. The van der Waals surface area contributed by atoms with Gasteiger partial charge in [-0.3, -0.25) is 0 Å². The van der Waals surface area contributed by atoms with Crippen molar-refractivity contribution in [1.82, 2.24) is 0 Å². The molecule has 0 nitrogen and oxygen atoms in total. The SMILES string of the molecule is SCCCCSCCCSCCCCS. The van der Waals surface area contributed by atoms with Gasteiger partial charge in [0.25, 0.3) is 0 Å². The van der Waals surface area contributed by atoms with Crippen molar-refractivity contribution in [3.63, 3.8) is 0 Å². The minimum atomic E-state index is 1.04. The third kappa shape index (κ3) is 15.4. The summed E-state index contributed by atoms with van der Waals surface area (Å²) in [7, 11) is 0. The number of unbranched alkanes of at least 4 members (excludes halogenated alkanes) is 2. The third-order valence-electron chi connectivity index (χ3n) is 1.97. The molecule has 0 radical (unpaired) electrons. The van der Waals surface area contributed by atoms with Crippen LogP contribution in [0.2, 0.25) is 0 Å². The van der Waals surface area contributed by atoms with Gasteiger partial charge in [0.05, 0.1) is 0 Å². The fraction of sp³-hybridized carbons (Fsp3) is 1.00. The predicted octanol–water partition coefficient (Wildman–Crippen LogP) is 4.26. The highest BCUT2D eigenvalue weighted by Gasteiger charge is 1.92. The summed E-state index contributed by atoms with van der Waals surface area (Å²) in [5, 5.41) is 0. The summed E-state index contributed by atoms with van der Waals surface area (Å²) in [6, 6.07) is 0. The quantitative estimate of drug-likeness (QED) is 0.406. The Morgan fingerprint density at radius 3 is 1.33 bits per heavy atom. The molecule has 0 aliphatic rings. The van der Waals surface area contributed by atoms with E-state index in [2.05, 4.69) is 48.8 Å². The lowest BCUT2D eigenvalue weighted by molar-refractivity contribution is 0.906. The van der Waals surface area contributed by atoms with Gasteiger partial charge in [-0.25, -0.2) is 0 Å². The molecule has 0 bridgehead atoms. The standard InChI is InChI=1S/C11H24S4/c12-6-1-3-8-14-10-5-11-15-9-4-2-7-13/h12-13H,1-11H2. The minimum Gasteiger partial charge on any atom is -0.179 e. The summed E-state index contributed by atoms with van der Waals surface area (Å²) in [6.45, 7) is 0. The van der Waals surface area contributed by atoms with Gasteiger partial charge in [-0.2, -0.15) is 48.8 Å². The molecule has 0 saturated carbocycles. The molecule has 0 spiro atoms. The summed E-state index contributed by atoms with van der Waals surface area (Å²) in [5.74, 6) is 7.41. The zero-order valence-electron chi connectivity index (χ0n) is 9.49. The Morgan fingerprint density at radius 1 is 0.533 bits per heavy atom. The second kappa shape index (κ2) is 15.4. The lowest BCUT2D eigenvalue weighted by atomic mass is 10.4. The van der Waals surface area contributed by atoms with Gasteiger partial charge in [-0.15, -0.1) is 0 Å². The van der Waals surface area contributed by atoms with E-state index in [1.807, 2.05) is 0 Å². The maximum absolute atomic E-state index is 4.20. The van der Waals surface area contributed by atoms with Crippen LogP contribution in [0.15, 0.2) is 0 Å². The summed E-state index contributed by atoms with van der Waals surface area (Å²) in [6.07, 6.45) is 6.59. The monoisotopic (exact) mass is 284 g/mol. The normalized spacial score (nSPS) is 10.8. The van der Waals surface area contributed by atoms with Crippen molar-refractivity contribution in [1.29, 1.82) is 0 Å². The van der Waals surface area contributed by atoms with Gasteiger partial charge in [0, 0.05) is 0 Å². The largest absolute Gasteiger partial charge is 0.179 e. The van der Waals surface area contributed by atoms with Crippen LogP contribution in [0, 0.1) is 0 Å². The molecule has 0 atom stereocenters. The van der Waals surface area contributed by atoms with E-state index in [1.165, 1.54) is 55.1 Å². The van der Waals surface area contributed by atoms with Crippen LogP contribution in [0.3, 0.4) is 0 Å². The zero-order valence-corrected chi connectivity index (χ0v) is 12.9. The second-order valence-corrected chi connectivity index (χ2v) is 6.78. The van der Waals surface area contributed by atoms with Crippen LogP contribution in [-0.4, -0.2) is 34.5 Å². The minimum absolute atomic E-state index is 1.04. The van der Waals surface area contributed by atoms with E-state index < -0.39 is 0 Å². The number of thiol groups is 2. The zero-order chi connectivity index (χ0) is 11.2. The smallest absolute Gasteiger partial charge is 0.00597 e. The van der Waals surface area contributed by atoms with E-state index in [9.17, 15) is 0 Å². The van der Waals surface area contributed by atoms with Crippen LogP contribution in [0.4, 0.5) is 0 Å². The average Bonchev–Trinajstić information content (AvgIpc) is 2.26. The molecular formula is C11H24S4. The van der Waals surface area contributed by atoms with Crippen molar-refractivity contribution in [2.24, 2.45) is 0 Å². The van der Waals surface area contributed by atoms with Crippen LogP contribution in [0.5, 0.6) is 0 Å². The Labute approximate surface area is 115 Å². The first kappa shape index (κ1) is 16.4. The topological polar surface area (TPSA) is 0 Å². The Morgan fingerprint density at radius 2 is 0.933 bits per heavy atom. The van der Waals surface area contributed by atoms with E-state index in [4.69, 9.17) is 0 Å². The average molecular weight is 285 g/mol. The molecule has 4 heteroatoms. The van der Waals surface area contributed by atoms with Crippen molar-refractivity contribution in [3.05, 3.63) is 0 Å². The van der Waals surface area contributed by atoms with Crippen LogP contribution in [0.1, 0.15) is 32.1 Å². The van der Waals surface area contributed by atoms with Crippen molar-refractivity contribution in [2.75, 3.05) is 34.5 Å². The van der Waals surface area contributed by atoms with Gasteiger partial charge in [-0.05, 0) is 66.6 Å². The van der Waals surface area contributed by atoms with Crippen molar-refractivity contribution < 1.29 is 0 Å². The predicted molar refractivity (Wildman–Crippen MR) is 85.4 cm³/mol. The van der Waals surface area contributed by atoms with Crippen molar-refractivity contribution in [2.45, 2.75) is 32.1 Å². The molecule has 92 valence electrons. The van der Waals surface area contributed by atoms with E-state index in [-0.39, 0.29) is 0 Å². The summed E-state index contributed by atoms with van der Waals surface area (Å²) in [4.78, 5) is 0. The summed E-state index contributed by atoms with van der Waals surface area (Å²) < 4.78 is 0. The maximum Gasteiger partial charge on any atom is -0.00597 e. The number of hydrogen-bond donors (Lipinski definition) is 2. The first-order chi connectivity index (χ1) is 7.41. The molecule has 0 heterocycles. The summed E-state index contributed by atoms with van der Waals surface area (Å²) >= 11 is 12.6. The highest BCUT2D eigenvalue weighted by Crippen LogP contribution is 2.11. The molecule has 0 aromatic heterocycles. The number of thioether (sulfide) groups is 2. The van der Waals surface area contributed by atoms with Crippen LogP contribution >= 0.6 is 48.8 Å². The van der Waals surface area contributed by atoms with Gasteiger partial charge in [0.1, 0.15) is 0 Å². The molecule has 0 N–H and O–H groups in total. The Kier molecular flexibility index (Phi) is 16.8. The van der Waals surface area contributed by atoms with Gasteiger partial charge in [0.15, 0.2) is 0 Å². The van der Waals surface area contributed by atoms with Crippen LogP contribution in [-0.2, 0) is 0 Å². The fourth-order valence-corrected chi connectivity index (χ4v) is 3.65. The highest BCUT2D eigenvalue weighted by molar-refractivity contribution is 8.00. The molecular weight excluding hydrogens is 260 g/mol. The molecule has 0 rings (SSSR count). The highest BCUT2D eigenvalue weighted by atomic mass is 32.2. The lowest BCUT2D eigenvalue weighted by Gasteiger charge is -2.01. The van der Waals surface area contributed by atoms with E-state index in [1.54, 1.807) is 0 Å². The first-order valence-electron chi connectivity index (χ1n) is 5.79. The molecule has 0 saturated heterocycles. The van der Waals surface area contributed by atoms with Gasteiger partial charge >= 0.3 is 0 Å². The van der Waals surface area contributed by atoms with Crippen molar-refractivity contribution in [3.8, 4) is 0 Å². The van der Waals surface area contributed by atoms with Gasteiger partial charge in [0.2, 0.25) is 0 Å². The second-order valence-electron chi connectivity index (χ2n) is 3.44. The first-order valence-corrected chi connectivity index (χ1v) is 9.36. The van der Waals surface area contributed by atoms with Crippen molar-refractivity contribution >= 4 is 48.8 Å². The molecule has 0 aliphatic heterocycles. The Balaban J connectivity index is 2.81. The van der Waals surface area contributed by atoms with E-state index in [0.29, 0.717) is 0 Å². The fourth-order valence-electron chi connectivity index (χ4n) is 1.10. The molecule has 0 amide bonds. The Hall–Kier alpha value is 1.40. The molecule has 0 aromatic carbocycles. The maximum atomic E-state index is 4.20.